The third-order valence-electron chi connectivity index (χ3n) is 3.64. The molecule has 7 heteroatoms. The van der Waals surface area contributed by atoms with Crippen molar-refractivity contribution in [3.63, 3.8) is 0 Å². The highest BCUT2D eigenvalue weighted by molar-refractivity contribution is 7.90. The Hall–Kier alpha value is -2.25. The van der Waals surface area contributed by atoms with Gasteiger partial charge in [-0.3, -0.25) is 0 Å². The van der Waals surface area contributed by atoms with Gasteiger partial charge in [-0.1, -0.05) is 12.1 Å². The standard InChI is InChI=1S/C16H15FN2O3S/c1-23(21,22)15-7-12-6-14(10-20)19(16(12)18-8-15)9-11-2-4-13(17)5-3-11/h2-8,20H,9-10H2,1H3. The lowest BCUT2D eigenvalue weighted by Crippen LogP contribution is -2.05. The van der Waals surface area contributed by atoms with Crippen molar-refractivity contribution in [3.8, 4) is 0 Å². The molecule has 0 saturated heterocycles. The van der Waals surface area contributed by atoms with Crippen molar-refractivity contribution in [3.05, 3.63) is 59.7 Å². The first-order valence-electron chi connectivity index (χ1n) is 6.92. The van der Waals surface area contributed by atoms with Gasteiger partial charge in [-0.15, -0.1) is 0 Å². The molecule has 0 amide bonds. The summed E-state index contributed by atoms with van der Waals surface area (Å²) < 4.78 is 38.0. The number of nitrogens with zero attached hydrogens (tertiary/aromatic N) is 2. The van der Waals surface area contributed by atoms with Crippen LogP contribution in [0.4, 0.5) is 4.39 Å². The summed E-state index contributed by atoms with van der Waals surface area (Å²) in [5, 5.41) is 10.2. The molecule has 5 nitrogen and oxygen atoms in total. The maximum atomic E-state index is 13.0. The number of hydrogen-bond acceptors (Lipinski definition) is 4. The number of halogens is 1. The SMILES string of the molecule is CS(=O)(=O)c1cnc2c(c1)cc(CO)n2Cc1ccc(F)cc1. The summed E-state index contributed by atoms with van der Waals surface area (Å²) in [7, 11) is -3.34. The van der Waals surface area contributed by atoms with E-state index in [2.05, 4.69) is 4.98 Å². The van der Waals surface area contributed by atoms with Crippen LogP contribution in [0.1, 0.15) is 11.3 Å². The summed E-state index contributed by atoms with van der Waals surface area (Å²) >= 11 is 0. The van der Waals surface area contributed by atoms with Crippen LogP contribution in [0, 0.1) is 5.82 Å². The van der Waals surface area contributed by atoms with Crippen molar-refractivity contribution < 1.29 is 17.9 Å². The first-order valence-corrected chi connectivity index (χ1v) is 8.81. The van der Waals surface area contributed by atoms with Crippen LogP contribution >= 0.6 is 0 Å². The van der Waals surface area contributed by atoms with Crippen LogP contribution in [-0.2, 0) is 23.0 Å². The monoisotopic (exact) mass is 334 g/mol. The Labute approximate surface area is 132 Å². The predicted molar refractivity (Wildman–Crippen MR) is 84.3 cm³/mol. The van der Waals surface area contributed by atoms with Gasteiger partial charge in [0.25, 0.3) is 0 Å². The number of sulfone groups is 1. The molecule has 0 aliphatic heterocycles. The molecule has 120 valence electrons. The third kappa shape index (κ3) is 3.11. The van der Waals surface area contributed by atoms with Crippen LogP contribution in [-0.4, -0.2) is 29.3 Å². The summed E-state index contributed by atoms with van der Waals surface area (Å²) in [6, 6.07) is 9.31. The molecular formula is C16H15FN2O3S. The van der Waals surface area contributed by atoms with E-state index in [1.54, 1.807) is 22.8 Å². The van der Waals surface area contributed by atoms with Crippen LogP contribution < -0.4 is 0 Å². The molecule has 2 aromatic heterocycles. The van der Waals surface area contributed by atoms with Gasteiger partial charge in [-0.05, 0) is 29.8 Å². The van der Waals surface area contributed by atoms with Gasteiger partial charge in [0.1, 0.15) is 11.5 Å². The molecule has 3 rings (SSSR count). The molecule has 3 aromatic rings. The zero-order chi connectivity index (χ0) is 16.6. The van der Waals surface area contributed by atoms with Gasteiger partial charge in [-0.2, -0.15) is 0 Å². The van der Waals surface area contributed by atoms with E-state index < -0.39 is 9.84 Å². The quantitative estimate of drug-likeness (QED) is 0.793. The number of rotatable bonds is 4. The van der Waals surface area contributed by atoms with Crippen molar-refractivity contribution in [2.45, 2.75) is 18.0 Å². The summed E-state index contributed by atoms with van der Waals surface area (Å²) in [6.07, 6.45) is 2.43. The van der Waals surface area contributed by atoms with E-state index in [-0.39, 0.29) is 17.3 Å². The topological polar surface area (TPSA) is 72.2 Å². The van der Waals surface area contributed by atoms with Gasteiger partial charge in [0.2, 0.25) is 0 Å². The summed E-state index contributed by atoms with van der Waals surface area (Å²) in [6.45, 7) is 0.205. The van der Waals surface area contributed by atoms with Crippen LogP contribution in [0.5, 0.6) is 0 Å². The minimum absolute atomic E-state index is 0.133. The third-order valence-corrected chi connectivity index (χ3v) is 4.72. The molecule has 0 fully saturated rings. The lowest BCUT2D eigenvalue weighted by atomic mass is 10.2. The Morgan fingerprint density at radius 3 is 2.52 bits per heavy atom. The zero-order valence-corrected chi connectivity index (χ0v) is 13.2. The minimum atomic E-state index is -3.34. The lowest BCUT2D eigenvalue weighted by molar-refractivity contribution is 0.272. The molecule has 0 saturated carbocycles. The number of hydrogen-bond donors (Lipinski definition) is 1. The fraction of sp³-hybridized carbons (Fsp3) is 0.188. The van der Waals surface area contributed by atoms with Crippen LogP contribution in [0.3, 0.4) is 0 Å². The highest BCUT2D eigenvalue weighted by atomic mass is 32.2. The van der Waals surface area contributed by atoms with Gasteiger partial charge in [0.15, 0.2) is 9.84 Å². The Bertz CT molecular complexity index is 963. The second-order valence-electron chi connectivity index (χ2n) is 5.36. The Kier molecular flexibility index (Phi) is 3.91. The van der Waals surface area contributed by atoms with Crippen molar-refractivity contribution in [2.24, 2.45) is 0 Å². The molecule has 0 radical (unpaired) electrons. The number of benzene rings is 1. The van der Waals surface area contributed by atoms with E-state index in [0.717, 1.165) is 11.8 Å². The Morgan fingerprint density at radius 2 is 1.91 bits per heavy atom. The summed E-state index contributed by atoms with van der Waals surface area (Å²) in [4.78, 5) is 4.36. The van der Waals surface area contributed by atoms with Crippen LogP contribution in [0.2, 0.25) is 0 Å². The number of fused-ring (bicyclic) bond motifs is 1. The van der Waals surface area contributed by atoms with Crippen LogP contribution in [0.25, 0.3) is 11.0 Å². The number of aliphatic hydroxyl groups excluding tert-OH is 1. The molecule has 1 aromatic carbocycles. The van der Waals surface area contributed by atoms with E-state index in [1.165, 1.54) is 24.4 Å². The molecule has 0 aliphatic carbocycles. The van der Waals surface area contributed by atoms with E-state index in [9.17, 15) is 17.9 Å². The van der Waals surface area contributed by atoms with Gasteiger partial charge in [0.05, 0.1) is 11.5 Å². The van der Waals surface area contributed by atoms with Crippen molar-refractivity contribution in [1.29, 1.82) is 0 Å². The van der Waals surface area contributed by atoms with E-state index in [4.69, 9.17) is 0 Å². The molecule has 0 aliphatic rings. The van der Waals surface area contributed by atoms with Crippen molar-refractivity contribution in [2.75, 3.05) is 6.26 Å². The molecule has 0 spiro atoms. The van der Waals surface area contributed by atoms with Gasteiger partial charge >= 0.3 is 0 Å². The Morgan fingerprint density at radius 1 is 1.22 bits per heavy atom. The van der Waals surface area contributed by atoms with Crippen molar-refractivity contribution in [1.82, 2.24) is 9.55 Å². The summed E-state index contributed by atoms with van der Waals surface area (Å²) in [5.41, 5.74) is 2.04. The molecule has 0 atom stereocenters. The van der Waals surface area contributed by atoms with Crippen LogP contribution in [0.15, 0.2) is 47.5 Å². The minimum Gasteiger partial charge on any atom is -0.390 e. The predicted octanol–water partition coefficient (Wildman–Crippen LogP) is 2.12. The lowest BCUT2D eigenvalue weighted by Gasteiger charge is -2.09. The first kappa shape index (κ1) is 15.6. The second-order valence-corrected chi connectivity index (χ2v) is 7.38. The van der Waals surface area contributed by atoms with Gasteiger partial charge in [-0.25, -0.2) is 17.8 Å². The normalized spacial score (nSPS) is 12.0. The number of aromatic nitrogens is 2. The van der Waals surface area contributed by atoms with E-state index >= 15 is 0 Å². The maximum Gasteiger partial charge on any atom is 0.177 e. The smallest absolute Gasteiger partial charge is 0.177 e. The molecule has 2 heterocycles. The molecular weight excluding hydrogens is 319 g/mol. The summed E-state index contributed by atoms with van der Waals surface area (Å²) in [5.74, 6) is -0.315. The van der Waals surface area contributed by atoms with Gasteiger partial charge < -0.3 is 9.67 Å². The average Bonchev–Trinajstić information content (AvgIpc) is 2.86. The fourth-order valence-electron chi connectivity index (χ4n) is 2.46. The number of pyridine rings is 1. The van der Waals surface area contributed by atoms with Crippen molar-refractivity contribution >= 4 is 20.9 Å². The highest BCUT2D eigenvalue weighted by Gasteiger charge is 2.14. The molecule has 23 heavy (non-hydrogen) atoms. The number of aliphatic hydroxyl groups is 1. The van der Waals surface area contributed by atoms with Gasteiger partial charge in [0, 0.05) is 30.1 Å². The largest absolute Gasteiger partial charge is 0.390 e. The highest BCUT2D eigenvalue weighted by Crippen LogP contribution is 2.22. The fourth-order valence-corrected chi connectivity index (χ4v) is 3.05. The van der Waals surface area contributed by atoms with E-state index in [0.29, 0.717) is 23.3 Å². The Balaban J connectivity index is 2.10. The zero-order valence-electron chi connectivity index (χ0n) is 12.4. The molecule has 1 N–H and O–H groups in total. The molecule has 0 bridgehead atoms. The maximum absolute atomic E-state index is 13.0. The first-order chi connectivity index (χ1) is 10.9. The second kappa shape index (κ2) is 5.75. The van der Waals surface area contributed by atoms with E-state index in [1.807, 2.05) is 0 Å². The molecule has 0 unspecified atom stereocenters. The average molecular weight is 334 g/mol.